The van der Waals surface area contributed by atoms with Gasteiger partial charge >= 0.3 is 0 Å². The van der Waals surface area contributed by atoms with Crippen LogP contribution in [0.5, 0.6) is 5.75 Å². The molecular weight excluding hydrogens is 250 g/mol. The average molecular weight is 267 g/mol. The lowest BCUT2D eigenvalue weighted by Crippen LogP contribution is -2.06. The van der Waals surface area contributed by atoms with Crippen LogP contribution in [-0.2, 0) is 4.79 Å². The summed E-state index contributed by atoms with van der Waals surface area (Å²) >= 11 is 0. The van der Waals surface area contributed by atoms with Gasteiger partial charge in [-0.3, -0.25) is 4.79 Å². The lowest BCUT2D eigenvalue weighted by molar-refractivity contribution is -0.114. The first-order chi connectivity index (χ1) is 9.69. The molecule has 0 aromatic heterocycles. The second-order valence-electron chi connectivity index (χ2n) is 4.37. The largest absolute Gasteiger partial charge is 0.497 e. The quantitative estimate of drug-likeness (QED) is 0.855. The molecule has 0 saturated heterocycles. The Kier molecular flexibility index (Phi) is 4.56. The number of rotatable bonds is 4. The van der Waals surface area contributed by atoms with E-state index in [1.54, 1.807) is 7.11 Å². The molecule has 0 fully saturated rings. The van der Waals surface area contributed by atoms with Gasteiger partial charge in [0.1, 0.15) is 5.75 Å². The van der Waals surface area contributed by atoms with E-state index in [0.29, 0.717) is 0 Å². The van der Waals surface area contributed by atoms with Crippen molar-refractivity contribution in [3.05, 3.63) is 59.7 Å². The van der Waals surface area contributed by atoms with Crippen molar-refractivity contribution in [1.82, 2.24) is 0 Å². The molecule has 0 aliphatic rings. The number of anilines is 1. The maximum atomic E-state index is 11.2. The number of methoxy groups -OCH3 is 1. The Morgan fingerprint density at radius 1 is 1.05 bits per heavy atom. The summed E-state index contributed by atoms with van der Waals surface area (Å²) in [6, 6.07) is 15.5. The number of nitrogens with one attached hydrogen (secondary N) is 1. The minimum atomic E-state index is -0.0738. The van der Waals surface area contributed by atoms with Crippen molar-refractivity contribution in [2.24, 2.45) is 0 Å². The first-order valence-corrected chi connectivity index (χ1v) is 6.38. The van der Waals surface area contributed by atoms with Gasteiger partial charge < -0.3 is 10.1 Å². The van der Waals surface area contributed by atoms with Crippen molar-refractivity contribution < 1.29 is 9.53 Å². The smallest absolute Gasteiger partial charge is 0.221 e. The SMILES string of the molecule is COc1ccc(/C=C/c2ccccc2NC(C)=O)cc1. The van der Waals surface area contributed by atoms with Crippen LogP contribution >= 0.6 is 0 Å². The Morgan fingerprint density at radius 2 is 1.75 bits per heavy atom. The van der Waals surface area contributed by atoms with E-state index in [9.17, 15) is 4.79 Å². The molecule has 2 aromatic rings. The molecule has 1 N–H and O–H groups in total. The lowest BCUT2D eigenvalue weighted by Gasteiger charge is -2.06. The van der Waals surface area contributed by atoms with E-state index in [1.165, 1.54) is 6.92 Å². The highest BCUT2D eigenvalue weighted by atomic mass is 16.5. The van der Waals surface area contributed by atoms with E-state index in [1.807, 2.05) is 60.7 Å². The zero-order valence-electron chi connectivity index (χ0n) is 11.6. The third kappa shape index (κ3) is 3.72. The van der Waals surface area contributed by atoms with E-state index < -0.39 is 0 Å². The van der Waals surface area contributed by atoms with E-state index in [0.717, 1.165) is 22.6 Å². The van der Waals surface area contributed by atoms with Crippen LogP contribution in [-0.4, -0.2) is 13.0 Å². The number of hydrogen-bond donors (Lipinski definition) is 1. The molecule has 102 valence electrons. The van der Waals surface area contributed by atoms with Crippen LogP contribution in [0.2, 0.25) is 0 Å². The molecule has 0 bridgehead atoms. The molecule has 0 atom stereocenters. The summed E-state index contributed by atoms with van der Waals surface area (Å²) in [6.45, 7) is 1.50. The van der Waals surface area contributed by atoms with Gasteiger partial charge in [-0.2, -0.15) is 0 Å². The van der Waals surface area contributed by atoms with E-state index in [-0.39, 0.29) is 5.91 Å². The highest BCUT2D eigenvalue weighted by Crippen LogP contribution is 2.19. The monoisotopic (exact) mass is 267 g/mol. The molecule has 0 unspecified atom stereocenters. The maximum Gasteiger partial charge on any atom is 0.221 e. The van der Waals surface area contributed by atoms with Crippen molar-refractivity contribution >= 4 is 23.7 Å². The number of benzene rings is 2. The maximum absolute atomic E-state index is 11.2. The van der Waals surface area contributed by atoms with Crippen LogP contribution in [0.3, 0.4) is 0 Å². The normalized spacial score (nSPS) is 10.5. The summed E-state index contributed by atoms with van der Waals surface area (Å²) < 4.78 is 5.12. The Labute approximate surface area is 118 Å². The Morgan fingerprint density at radius 3 is 2.40 bits per heavy atom. The zero-order chi connectivity index (χ0) is 14.4. The second-order valence-corrected chi connectivity index (χ2v) is 4.37. The number of ether oxygens (including phenoxy) is 1. The summed E-state index contributed by atoms with van der Waals surface area (Å²) in [4.78, 5) is 11.2. The van der Waals surface area contributed by atoms with Crippen molar-refractivity contribution in [2.75, 3.05) is 12.4 Å². The molecule has 3 heteroatoms. The molecule has 2 rings (SSSR count). The van der Waals surface area contributed by atoms with Gasteiger partial charge in [-0.05, 0) is 29.3 Å². The fourth-order valence-electron chi connectivity index (χ4n) is 1.85. The highest BCUT2D eigenvalue weighted by Gasteiger charge is 1.99. The molecular formula is C17H17NO2. The Balaban J connectivity index is 2.19. The third-order valence-corrected chi connectivity index (χ3v) is 2.84. The third-order valence-electron chi connectivity index (χ3n) is 2.84. The van der Waals surface area contributed by atoms with Crippen LogP contribution in [0.1, 0.15) is 18.1 Å². The van der Waals surface area contributed by atoms with E-state index in [4.69, 9.17) is 4.74 Å². The van der Waals surface area contributed by atoms with Gasteiger partial charge in [-0.25, -0.2) is 0 Å². The summed E-state index contributed by atoms with van der Waals surface area (Å²) in [7, 11) is 1.65. The minimum Gasteiger partial charge on any atom is -0.497 e. The predicted octanol–water partition coefficient (Wildman–Crippen LogP) is 3.82. The van der Waals surface area contributed by atoms with Crippen molar-refractivity contribution in [1.29, 1.82) is 0 Å². The molecule has 2 aromatic carbocycles. The molecule has 0 aliphatic heterocycles. The molecule has 0 saturated carbocycles. The van der Waals surface area contributed by atoms with E-state index >= 15 is 0 Å². The topological polar surface area (TPSA) is 38.3 Å². The van der Waals surface area contributed by atoms with Gasteiger partial charge in [0.05, 0.1) is 7.11 Å². The van der Waals surface area contributed by atoms with Crippen LogP contribution in [0.15, 0.2) is 48.5 Å². The summed E-state index contributed by atoms with van der Waals surface area (Å²) in [5, 5.41) is 2.82. The highest BCUT2D eigenvalue weighted by molar-refractivity contribution is 5.92. The number of carbonyl (C=O) groups excluding carboxylic acids is 1. The fourth-order valence-corrected chi connectivity index (χ4v) is 1.85. The molecule has 3 nitrogen and oxygen atoms in total. The number of hydrogen-bond acceptors (Lipinski definition) is 2. The molecule has 0 heterocycles. The Hall–Kier alpha value is -2.55. The van der Waals surface area contributed by atoms with E-state index in [2.05, 4.69) is 5.32 Å². The molecule has 1 amide bonds. The summed E-state index contributed by atoms with van der Waals surface area (Å²) in [5.74, 6) is 0.760. The zero-order valence-corrected chi connectivity index (χ0v) is 11.6. The Bertz CT molecular complexity index is 615. The van der Waals surface area contributed by atoms with Gasteiger partial charge in [0.2, 0.25) is 5.91 Å². The number of amides is 1. The molecule has 20 heavy (non-hydrogen) atoms. The predicted molar refractivity (Wildman–Crippen MR) is 82.7 cm³/mol. The van der Waals surface area contributed by atoms with Gasteiger partial charge in [0.15, 0.2) is 0 Å². The molecule has 0 aliphatic carbocycles. The lowest BCUT2D eigenvalue weighted by atomic mass is 10.1. The van der Waals surface area contributed by atoms with Gasteiger partial charge in [-0.15, -0.1) is 0 Å². The first-order valence-electron chi connectivity index (χ1n) is 6.38. The second kappa shape index (κ2) is 6.57. The first kappa shape index (κ1) is 13.9. The summed E-state index contributed by atoms with van der Waals surface area (Å²) in [5.41, 5.74) is 2.85. The fraction of sp³-hybridized carbons (Fsp3) is 0.118. The van der Waals surface area contributed by atoms with Crippen LogP contribution in [0.25, 0.3) is 12.2 Å². The van der Waals surface area contributed by atoms with Crippen LogP contribution in [0, 0.1) is 0 Å². The van der Waals surface area contributed by atoms with Crippen molar-refractivity contribution in [3.63, 3.8) is 0 Å². The minimum absolute atomic E-state index is 0.0738. The number of para-hydroxylation sites is 1. The standard InChI is InChI=1S/C17H17NO2/c1-13(19)18-17-6-4-3-5-15(17)10-7-14-8-11-16(20-2)12-9-14/h3-12H,1-2H3,(H,18,19)/b10-7+. The summed E-state index contributed by atoms with van der Waals surface area (Å²) in [6.07, 6.45) is 3.98. The van der Waals surface area contributed by atoms with Crippen LogP contribution < -0.4 is 10.1 Å². The van der Waals surface area contributed by atoms with Crippen molar-refractivity contribution in [3.8, 4) is 5.75 Å². The molecule has 0 spiro atoms. The van der Waals surface area contributed by atoms with Gasteiger partial charge in [0.25, 0.3) is 0 Å². The van der Waals surface area contributed by atoms with Crippen LogP contribution in [0.4, 0.5) is 5.69 Å². The average Bonchev–Trinajstić information content (AvgIpc) is 2.46. The van der Waals surface area contributed by atoms with Gasteiger partial charge in [0, 0.05) is 12.6 Å². The van der Waals surface area contributed by atoms with Gasteiger partial charge in [-0.1, -0.05) is 42.5 Å². The molecule has 0 radical (unpaired) electrons. The van der Waals surface area contributed by atoms with Crippen molar-refractivity contribution in [2.45, 2.75) is 6.92 Å². The number of carbonyl (C=O) groups is 1.